The van der Waals surface area contributed by atoms with Crippen LogP contribution in [0.5, 0.6) is 11.5 Å². The number of hydrogen-bond acceptors (Lipinski definition) is 5. The Labute approximate surface area is 160 Å². The molecular weight excluding hydrogens is 366 g/mol. The second kappa shape index (κ2) is 10.1. The predicted molar refractivity (Wildman–Crippen MR) is 107 cm³/mol. The number of benzene rings is 2. The zero-order chi connectivity index (χ0) is 19.7. The minimum absolute atomic E-state index is 0.134. The van der Waals surface area contributed by atoms with Crippen molar-refractivity contribution in [2.24, 2.45) is 0 Å². The summed E-state index contributed by atoms with van der Waals surface area (Å²) in [5, 5.41) is 2.83. The van der Waals surface area contributed by atoms with Crippen LogP contribution in [0.1, 0.15) is 6.42 Å². The lowest BCUT2D eigenvalue weighted by atomic mass is 10.3. The molecule has 0 radical (unpaired) electrons. The van der Waals surface area contributed by atoms with E-state index in [1.54, 1.807) is 24.3 Å². The normalized spacial score (nSPS) is 11.4. The fraction of sp³-hybridized carbons (Fsp3) is 0.316. The van der Waals surface area contributed by atoms with E-state index in [1.807, 2.05) is 42.3 Å². The van der Waals surface area contributed by atoms with Crippen molar-refractivity contribution in [1.29, 1.82) is 0 Å². The lowest BCUT2D eigenvalue weighted by Crippen LogP contribution is -2.33. The molecule has 0 aromatic heterocycles. The maximum absolute atomic E-state index is 12.1. The number of ether oxygens (including phenoxy) is 1. The molecule has 2 aromatic carbocycles. The van der Waals surface area contributed by atoms with Gasteiger partial charge in [-0.1, -0.05) is 18.2 Å². The first kappa shape index (κ1) is 20.9. The highest BCUT2D eigenvalue weighted by Gasteiger charge is 2.08. The number of likely N-dealkylation sites (N-methyl/N-ethyl adjacent to an activating group) is 1. The summed E-state index contributed by atoms with van der Waals surface area (Å²) in [4.78, 5) is 13.9. The van der Waals surface area contributed by atoms with Gasteiger partial charge in [0.2, 0.25) is 15.9 Å². The molecule has 0 aliphatic heterocycles. The van der Waals surface area contributed by atoms with Gasteiger partial charge in [-0.2, -0.15) is 0 Å². The summed E-state index contributed by atoms with van der Waals surface area (Å²) >= 11 is 0. The number of anilines is 1. The van der Waals surface area contributed by atoms with Crippen LogP contribution in [0.15, 0.2) is 54.6 Å². The van der Waals surface area contributed by atoms with Crippen LogP contribution in [0.2, 0.25) is 0 Å². The number of carbonyl (C=O) groups is 1. The molecule has 8 heteroatoms. The summed E-state index contributed by atoms with van der Waals surface area (Å²) in [6, 6.07) is 16.6. The smallest absolute Gasteiger partial charge is 0.238 e. The average Bonchev–Trinajstić information content (AvgIpc) is 2.60. The monoisotopic (exact) mass is 391 g/mol. The Morgan fingerprint density at radius 1 is 1.04 bits per heavy atom. The Kier molecular flexibility index (Phi) is 7.78. The molecule has 1 amide bonds. The second-order valence-corrected chi connectivity index (χ2v) is 8.08. The molecule has 146 valence electrons. The molecule has 2 rings (SSSR count). The highest BCUT2D eigenvalue weighted by Crippen LogP contribution is 2.22. The van der Waals surface area contributed by atoms with E-state index in [4.69, 9.17) is 4.74 Å². The Morgan fingerprint density at radius 3 is 2.30 bits per heavy atom. The molecular formula is C19H25N3O4S. The van der Waals surface area contributed by atoms with E-state index >= 15 is 0 Å². The van der Waals surface area contributed by atoms with Gasteiger partial charge in [0.05, 0.1) is 12.8 Å². The molecule has 0 aliphatic carbocycles. The van der Waals surface area contributed by atoms with Gasteiger partial charge in [-0.3, -0.25) is 9.69 Å². The van der Waals surface area contributed by atoms with Gasteiger partial charge < -0.3 is 10.1 Å². The van der Waals surface area contributed by atoms with Crippen LogP contribution >= 0.6 is 0 Å². The van der Waals surface area contributed by atoms with Crippen molar-refractivity contribution >= 4 is 21.6 Å². The lowest BCUT2D eigenvalue weighted by molar-refractivity contribution is -0.117. The zero-order valence-corrected chi connectivity index (χ0v) is 16.3. The van der Waals surface area contributed by atoms with E-state index in [9.17, 15) is 13.2 Å². The van der Waals surface area contributed by atoms with Crippen molar-refractivity contribution in [1.82, 2.24) is 9.62 Å². The van der Waals surface area contributed by atoms with Gasteiger partial charge in [0.1, 0.15) is 11.5 Å². The largest absolute Gasteiger partial charge is 0.457 e. The van der Waals surface area contributed by atoms with Gasteiger partial charge in [-0.15, -0.1) is 0 Å². The lowest BCUT2D eigenvalue weighted by Gasteiger charge is -2.16. The number of para-hydroxylation sites is 1. The van der Waals surface area contributed by atoms with Crippen molar-refractivity contribution in [3.8, 4) is 11.5 Å². The topological polar surface area (TPSA) is 87.7 Å². The van der Waals surface area contributed by atoms with Crippen LogP contribution in [-0.2, 0) is 14.8 Å². The third kappa shape index (κ3) is 8.67. The van der Waals surface area contributed by atoms with E-state index in [1.165, 1.54) is 0 Å². The Morgan fingerprint density at radius 2 is 1.67 bits per heavy atom. The van der Waals surface area contributed by atoms with Crippen LogP contribution in [0.4, 0.5) is 5.69 Å². The minimum Gasteiger partial charge on any atom is -0.457 e. The Bertz CT molecular complexity index is 824. The van der Waals surface area contributed by atoms with Crippen LogP contribution in [-0.4, -0.2) is 52.2 Å². The molecule has 0 spiro atoms. The standard InChI is InChI=1S/C19H25N3O4S/c1-22(14-6-13-20-27(2,24)25)15-19(23)21-16-9-11-18(12-10-16)26-17-7-4-3-5-8-17/h3-5,7-12,20H,6,13-15H2,1-2H3,(H,21,23). The minimum atomic E-state index is -3.17. The molecule has 2 N–H and O–H groups in total. The summed E-state index contributed by atoms with van der Waals surface area (Å²) in [5.74, 6) is 1.31. The summed E-state index contributed by atoms with van der Waals surface area (Å²) in [6.45, 7) is 1.19. The average molecular weight is 391 g/mol. The van der Waals surface area contributed by atoms with Crippen molar-refractivity contribution < 1.29 is 17.9 Å². The van der Waals surface area contributed by atoms with E-state index in [0.29, 0.717) is 30.9 Å². The van der Waals surface area contributed by atoms with Crippen molar-refractivity contribution in [2.75, 3.05) is 38.3 Å². The first-order valence-electron chi connectivity index (χ1n) is 8.58. The quantitative estimate of drug-likeness (QED) is 0.607. The number of rotatable bonds is 10. The first-order chi connectivity index (χ1) is 12.8. The fourth-order valence-electron chi connectivity index (χ4n) is 2.36. The summed E-state index contributed by atoms with van der Waals surface area (Å²) in [7, 11) is -1.35. The van der Waals surface area contributed by atoms with Gasteiger partial charge in [-0.25, -0.2) is 13.1 Å². The second-order valence-electron chi connectivity index (χ2n) is 6.25. The van der Waals surface area contributed by atoms with Gasteiger partial charge in [0, 0.05) is 12.2 Å². The van der Waals surface area contributed by atoms with Crippen LogP contribution in [0.3, 0.4) is 0 Å². The maximum Gasteiger partial charge on any atom is 0.238 e. The molecule has 0 saturated carbocycles. The zero-order valence-electron chi connectivity index (χ0n) is 15.5. The van der Waals surface area contributed by atoms with Crippen LogP contribution < -0.4 is 14.8 Å². The molecule has 0 unspecified atom stereocenters. The van der Waals surface area contributed by atoms with Crippen molar-refractivity contribution in [2.45, 2.75) is 6.42 Å². The predicted octanol–water partition coefficient (Wildman–Crippen LogP) is 2.29. The molecule has 0 saturated heterocycles. The molecule has 0 fully saturated rings. The molecule has 0 bridgehead atoms. The molecule has 27 heavy (non-hydrogen) atoms. The van der Waals surface area contributed by atoms with Gasteiger partial charge in [-0.05, 0) is 56.4 Å². The highest BCUT2D eigenvalue weighted by molar-refractivity contribution is 7.88. The highest BCUT2D eigenvalue weighted by atomic mass is 32.2. The number of sulfonamides is 1. The number of amides is 1. The summed E-state index contributed by atoms with van der Waals surface area (Å²) in [6.07, 6.45) is 1.75. The molecule has 7 nitrogen and oxygen atoms in total. The van der Waals surface area contributed by atoms with Gasteiger partial charge >= 0.3 is 0 Å². The summed E-state index contributed by atoms with van der Waals surface area (Å²) in [5.41, 5.74) is 0.688. The maximum atomic E-state index is 12.1. The third-order valence-electron chi connectivity index (χ3n) is 3.61. The first-order valence-corrected chi connectivity index (χ1v) is 10.5. The van der Waals surface area contributed by atoms with Crippen molar-refractivity contribution in [3.63, 3.8) is 0 Å². The van der Waals surface area contributed by atoms with Crippen molar-refractivity contribution in [3.05, 3.63) is 54.6 Å². The van der Waals surface area contributed by atoms with Crippen LogP contribution in [0.25, 0.3) is 0 Å². The SMILES string of the molecule is CN(CCCNS(C)(=O)=O)CC(=O)Nc1ccc(Oc2ccccc2)cc1. The summed E-state index contributed by atoms with van der Waals surface area (Å²) < 4.78 is 30.1. The number of carbonyl (C=O) groups excluding carboxylic acids is 1. The van der Waals surface area contributed by atoms with Crippen LogP contribution in [0, 0.1) is 0 Å². The van der Waals surface area contributed by atoms with Gasteiger partial charge in [0.25, 0.3) is 0 Å². The molecule has 2 aromatic rings. The molecule has 0 aliphatic rings. The fourth-order valence-corrected chi connectivity index (χ4v) is 2.88. The molecule has 0 heterocycles. The van der Waals surface area contributed by atoms with Gasteiger partial charge in [0.15, 0.2) is 0 Å². The number of nitrogens with zero attached hydrogens (tertiary/aromatic N) is 1. The van der Waals surface area contributed by atoms with E-state index in [-0.39, 0.29) is 12.5 Å². The number of nitrogens with one attached hydrogen (secondary N) is 2. The Hall–Kier alpha value is -2.42. The Balaban J connectivity index is 1.73. The van der Waals surface area contributed by atoms with E-state index in [2.05, 4.69) is 10.0 Å². The number of hydrogen-bond donors (Lipinski definition) is 2. The van der Waals surface area contributed by atoms with E-state index in [0.717, 1.165) is 12.0 Å². The van der Waals surface area contributed by atoms with E-state index < -0.39 is 10.0 Å². The third-order valence-corrected chi connectivity index (χ3v) is 4.34. The molecule has 0 atom stereocenters.